The standard InChI is InChI=1S/C36H38N4O6/c1-36-21-27(13-18-30(36)33(44)40(34(36)45)29-16-17-29)38-35(46)39(28-14-11-25(12-15-28)24-5-3-2-4-6-24)22-23-7-9-26(10-8-23)32(43)37-20-19-31(41)42/h5,7-15,18,29H,2-4,6,16-17,19-22H2,1H3,(H,37,43)(H,38,46)(H,41,42). The SMILES string of the molecule is CC12CC(NC(=O)N(Cc3ccc(C(=O)NCCC(=O)O)cc3)c3ccc(C4=CCCCC4)cc3)=CC=C1C(=O)N(C1CC1)C2=O. The van der Waals surface area contributed by atoms with Crippen LogP contribution < -0.4 is 15.5 Å². The first-order valence-electron chi connectivity index (χ1n) is 15.9. The summed E-state index contributed by atoms with van der Waals surface area (Å²) in [6.45, 7) is 2.00. The van der Waals surface area contributed by atoms with Gasteiger partial charge < -0.3 is 15.7 Å². The number of imide groups is 1. The van der Waals surface area contributed by atoms with Crippen LogP contribution in [0.4, 0.5) is 10.5 Å². The van der Waals surface area contributed by atoms with Gasteiger partial charge in [-0.05, 0) is 92.5 Å². The van der Waals surface area contributed by atoms with E-state index in [1.54, 1.807) is 48.2 Å². The summed E-state index contributed by atoms with van der Waals surface area (Å²) in [6, 6.07) is 14.3. The van der Waals surface area contributed by atoms with Crippen molar-refractivity contribution in [2.45, 2.75) is 70.9 Å². The highest BCUT2D eigenvalue weighted by Gasteiger charge is 2.57. The van der Waals surface area contributed by atoms with Crippen molar-refractivity contribution in [3.05, 3.63) is 94.7 Å². The quantitative estimate of drug-likeness (QED) is 0.307. The van der Waals surface area contributed by atoms with E-state index in [0.717, 1.165) is 43.2 Å². The van der Waals surface area contributed by atoms with E-state index in [1.165, 1.54) is 16.9 Å². The van der Waals surface area contributed by atoms with Gasteiger partial charge in [-0.3, -0.25) is 29.0 Å². The van der Waals surface area contributed by atoms with Gasteiger partial charge in [-0.15, -0.1) is 0 Å². The number of benzene rings is 2. The molecule has 0 bridgehead atoms. The lowest BCUT2D eigenvalue weighted by molar-refractivity contribution is -0.142. The minimum absolute atomic E-state index is 0.0218. The fourth-order valence-electron chi connectivity index (χ4n) is 6.41. The molecular weight excluding hydrogens is 584 g/mol. The molecule has 3 N–H and O–H groups in total. The molecule has 5 amide bonds. The lowest BCUT2D eigenvalue weighted by atomic mass is 9.77. The molecule has 4 aliphatic rings. The maximum absolute atomic E-state index is 13.9. The number of carboxylic acid groups (broad SMARTS) is 1. The summed E-state index contributed by atoms with van der Waals surface area (Å²) >= 11 is 0. The highest BCUT2D eigenvalue weighted by Crippen LogP contribution is 2.48. The summed E-state index contributed by atoms with van der Waals surface area (Å²) in [4.78, 5) is 66.5. The first-order valence-corrected chi connectivity index (χ1v) is 15.9. The maximum Gasteiger partial charge on any atom is 0.326 e. The Bertz CT molecular complexity index is 1670. The molecule has 6 rings (SSSR count). The number of carboxylic acids is 1. The largest absolute Gasteiger partial charge is 0.481 e. The number of hydrogen-bond donors (Lipinski definition) is 3. The molecule has 10 heteroatoms. The topological polar surface area (TPSA) is 136 Å². The van der Waals surface area contributed by atoms with Gasteiger partial charge in [-0.25, -0.2) is 4.79 Å². The molecule has 1 aliphatic heterocycles. The van der Waals surface area contributed by atoms with Crippen LogP contribution in [0.1, 0.15) is 79.8 Å². The van der Waals surface area contributed by atoms with E-state index >= 15 is 0 Å². The van der Waals surface area contributed by atoms with Gasteiger partial charge in [0.1, 0.15) is 0 Å². The number of carbonyl (C=O) groups is 5. The highest BCUT2D eigenvalue weighted by molar-refractivity contribution is 6.18. The molecule has 0 radical (unpaired) electrons. The van der Waals surface area contributed by atoms with E-state index in [4.69, 9.17) is 5.11 Å². The number of allylic oxidation sites excluding steroid dienone is 5. The van der Waals surface area contributed by atoms with Crippen LogP contribution >= 0.6 is 0 Å². The molecule has 0 aromatic heterocycles. The zero-order valence-corrected chi connectivity index (χ0v) is 25.9. The number of fused-ring (bicyclic) bond motifs is 1. The molecule has 238 valence electrons. The summed E-state index contributed by atoms with van der Waals surface area (Å²) in [5, 5.41) is 14.4. The van der Waals surface area contributed by atoms with Gasteiger partial charge in [0, 0.05) is 41.5 Å². The molecule has 1 saturated heterocycles. The number of amides is 5. The fourth-order valence-corrected chi connectivity index (χ4v) is 6.41. The van der Waals surface area contributed by atoms with Crippen molar-refractivity contribution in [3.8, 4) is 0 Å². The monoisotopic (exact) mass is 622 g/mol. The molecule has 2 aromatic rings. The van der Waals surface area contributed by atoms with Crippen molar-refractivity contribution >= 4 is 41.0 Å². The second-order valence-corrected chi connectivity index (χ2v) is 12.6. The molecule has 10 nitrogen and oxygen atoms in total. The second kappa shape index (κ2) is 12.8. The van der Waals surface area contributed by atoms with Crippen LogP contribution in [0.3, 0.4) is 0 Å². The Labute approximate surface area is 267 Å². The van der Waals surface area contributed by atoms with Gasteiger partial charge in [-0.1, -0.05) is 36.4 Å². The maximum atomic E-state index is 13.9. The minimum atomic E-state index is -1.02. The van der Waals surface area contributed by atoms with Crippen LogP contribution in [0, 0.1) is 5.41 Å². The highest BCUT2D eigenvalue weighted by atomic mass is 16.4. The molecule has 1 saturated carbocycles. The van der Waals surface area contributed by atoms with Crippen molar-refractivity contribution in [3.63, 3.8) is 0 Å². The summed E-state index contributed by atoms with van der Waals surface area (Å²) < 4.78 is 0. The normalized spacial score (nSPS) is 20.7. The van der Waals surface area contributed by atoms with E-state index in [2.05, 4.69) is 16.7 Å². The van der Waals surface area contributed by atoms with Crippen LogP contribution in [-0.4, -0.2) is 52.3 Å². The Morgan fingerprint density at radius 1 is 1.00 bits per heavy atom. The molecule has 46 heavy (non-hydrogen) atoms. The van der Waals surface area contributed by atoms with Gasteiger partial charge >= 0.3 is 12.0 Å². The third-order valence-electron chi connectivity index (χ3n) is 9.18. The Morgan fingerprint density at radius 3 is 2.39 bits per heavy atom. The molecule has 1 unspecified atom stereocenters. The molecule has 1 heterocycles. The van der Waals surface area contributed by atoms with Crippen molar-refractivity contribution in [2.24, 2.45) is 5.41 Å². The average Bonchev–Trinajstić information content (AvgIpc) is 3.86. The van der Waals surface area contributed by atoms with Gasteiger partial charge in [0.15, 0.2) is 0 Å². The average molecular weight is 623 g/mol. The van der Waals surface area contributed by atoms with Crippen LogP contribution in [-0.2, 0) is 20.9 Å². The zero-order chi connectivity index (χ0) is 32.4. The summed E-state index contributed by atoms with van der Waals surface area (Å²) in [5.41, 5.74) is 4.29. The van der Waals surface area contributed by atoms with Crippen molar-refractivity contribution in [1.29, 1.82) is 0 Å². The van der Waals surface area contributed by atoms with Crippen molar-refractivity contribution < 1.29 is 29.1 Å². The number of anilines is 1. The fraction of sp³-hybridized carbons (Fsp3) is 0.361. The first-order chi connectivity index (χ1) is 22.1. The second-order valence-electron chi connectivity index (χ2n) is 12.6. The van der Waals surface area contributed by atoms with Crippen LogP contribution in [0.2, 0.25) is 0 Å². The number of likely N-dealkylation sites (tertiary alicyclic amines) is 1. The third-order valence-corrected chi connectivity index (χ3v) is 9.18. The predicted molar refractivity (Wildman–Crippen MR) is 172 cm³/mol. The molecule has 1 atom stereocenters. The number of urea groups is 1. The predicted octanol–water partition coefficient (Wildman–Crippen LogP) is 5.32. The Balaban J connectivity index is 1.21. The van der Waals surface area contributed by atoms with Crippen LogP contribution in [0.15, 0.2) is 78.0 Å². The summed E-state index contributed by atoms with van der Waals surface area (Å²) in [7, 11) is 0. The van der Waals surface area contributed by atoms with Crippen molar-refractivity contribution in [2.75, 3.05) is 11.4 Å². The molecule has 0 spiro atoms. The Morgan fingerprint density at radius 2 is 1.74 bits per heavy atom. The number of aliphatic carboxylic acids is 1. The third kappa shape index (κ3) is 6.38. The van der Waals surface area contributed by atoms with Gasteiger partial charge in [0.25, 0.3) is 11.8 Å². The minimum Gasteiger partial charge on any atom is -0.481 e. The number of rotatable bonds is 10. The lowest BCUT2D eigenvalue weighted by Crippen LogP contribution is -2.42. The summed E-state index contributed by atoms with van der Waals surface area (Å²) in [6.07, 6.45) is 11.8. The number of nitrogens with one attached hydrogen (secondary N) is 2. The van der Waals surface area contributed by atoms with Crippen molar-refractivity contribution in [1.82, 2.24) is 15.5 Å². The van der Waals surface area contributed by atoms with Gasteiger partial charge in [0.05, 0.1) is 18.4 Å². The molecule has 3 aliphatic carbocycles. The summed E-state index contributed by atoms with van der Waals surface area (Å²) in [5.74, 6) is -1.80. The molecular formula is C36H38N4O6. The van der Waals surface area contributed by atoms with Crippen LogP contribution in [0.5, 0.6) is 0 Å². The Hall–Kier alpha value is -4.99. The van der Waals surface area contributed by atoms with E-state index in [0.29, 0.717) is 22.5 Å². The first kappa shape index (κ1) is 31.0. The van der Waals surface area contributed by atoms with Crippen LogP contribution in [0.25, 0.3) is 5.57 Å². The smallest absolute Gasteiger partial charge is 0.326 e. The zero-order valence-electron chi connectivity index (χ0n) is 25.9. The van der Waals surface area contributed by atoms with E-state index in [1.807, 2.05) is 24.3 Å². The lowest BCUT2D eigenvalue weighted by Gasteiger charge is -2.29. The number of nitrogens with zero attached hydrogens (tertiary/aromatic N) is 2. The van der Waals surface area contributed by atoms with Gasteiger partial charge in [-0.2, -0.15) is 0 Å². The number of carbonyl (C=O) groups excluding carboxylic acids is 4. The van der Waals surface area contributed by atoms with Gasteiger partial charge in [0.2, 0.25) is 5.91 Å². The van der Waals surface area contributed by atoms with E-state index < -0.39 is 11.4 Å². The van der Waals surface area contributed by atoms with E-state index in [9.17, 15) is 24.0 Å². The Kier molecular flexibility index (Phi) is 8.62. The molecule has 2 aromatic carbocycles. The van der Waals surface area contributed by atoms with E-state index in [-0.39, 0.29) is 55.7 Å². The molecule has 2 fully saturated rings. The number of hydrogen-bond acceptors (Lipinski definition) is 5.